The summed E-state index contributed by atoms with van der Waals surface area (Å²) >= 11 is 0. The number of nitrogens with one attached hydrogen (secondary N) is 1. The summed E-state index contributed by atoms with van der Waals surface area (Å²) in [6.07, 6.45) is 1.73. The molecule has 0 aliphatic carbocycles. The van der Waals surface area contributed by atoms with Crippen molar-refractivity contribution in [3.05, 3.63) is 53.3 Å². The Morgan fingerprint density at radius 3 is 2.75 bits per heavy atom. The molecule has 0 bridgehead atoms. The molecular formula is C21H26N6O. The first-order chi connectivity index (χ1) is 13.6. The molecule has 0 saturated heterocycles. The predicted octanol–water partition coefficient (Wildman–Crippen LogP) is 3.01. The zero-order chi connectivity index (χ0) is 19.5. The molecule has 7 nitrogen and oxygen atoms in total. The molecule has 0 unspecified atom stereocenters. The van der Waals surface area contributed by atoms with Crippen LogP contribution in [0.4, 0.5) is 5.82 Å². The van der Waals surface area contributed by atoms with Crippen LogP contribution in [0.3, 0.4) is 0 Å². The lowest BCUT2D eigenvalue weighted by Crippen LogP contribution is -2.29. The quantitative estimate of drug-likeness (QED) is 0.706. The van der Waals surface area contributed by atoms with Gasteiger partial charge in [-0.2, -0.15) is 4.98 Å². The summed E-state index contributed by atoms with van der Waals surface area (Å²) in [7, 11) is 2.02. The third-order valence-electron chi connectivity index (χ3n) is 4.78. The van der Waals surface area contributed by atoms with E-state index in [0.717, 1.165) is 54.7 Å². The van der Waals surface area contributed by atoms with Crippen LogP contribution in [-0.2, 0) is 25.9 Å². The van der Waals surface area contributed by atoms with E-state index in [4.69, 9.17) is 14.5 Å². The highest BCUT2D eigenvalue weighted by Gasteiger charge is 2.22. The predicted molar refractivity (Wildman–Crippen MR) is 108 cm³/mol. The highest BCUT2D eigenvalue weighted by atomic mass is 16.5. The second-order valence-corrected chi connectivity index (χ2v) is 7.65. The number of anilines is 1. The van der Waals surface area contributed by atoms with E-state index >= 15 is 0 Å². The van der Waals surface area contributed by atoms with Gasteiger partial charge in [-0.1, -0.05) is 49.3 Å². The second-order valence-electron chi connectivity index (χ2n) is 7.65. The smallest absolute Gasteiger partial charge is 0.246 e. The topological polar surface area (TPSA) is 80.0 Å². The van der Waals surface area contributed by atoms with E-state index in [2.05, 4.69) is 34.2 Å². The molecule has 1 aromatic carbocycles. The number of hydrogen-bond donors (Lipinski definition) is 1. The third-order valence-corrected chi connectivity index (χ3v) is 4.78. The molecular weight excluding hydrogens is 352 g/mol. The maximum absolute atomic E-state index is 5.46. The second kappa shape index (κ2) is 8.06. The molecule has 2 aromatic heterocycles. The standard InChI is InChI=1S/C21H26N6O/c1-14(2)11-18-24-19(28-26-18)13-27(3)21-16-9-10-22-12-17(16)23-20(25-21)15-7-5-4-6-8-15/h4-8,14,22H,9-13H2,1-3H3. The van der Waals surface area contributed by atoms with Crippen molar-refractivity contribution in [3.8, 4) is 11.4 Å². The number of fused-ring (bicyclic) bond motifs is 1. The maximum atomic E-state index is 5.46. The molecule has 0 saturated carbocycles. The summed E-state index contributed by atoms with van der Waals surface area (Å²) in [6, 6.07) is 10.1. The molecule has 4 rings (SSSR count). The van der Waals surface area contributed by atoms with Gasteiger partial charge in [0.25, 0.3) is 0 Å². The van der Waals surface area contributed by atoms with Crippen LogP contribution >= 0.6 is 0 Å². The Hall–Kier alpha value is -2.80. The van der Waals surface area contributed by atoms with Crippen LogP contribution in [0.1, 0.15) is 36.8 Å². The Balaban J connectivity index is 1.64. The highest BCUT2D eigenvalue weighted by Crippen LogP contribution is 2.27. The summed E-state index contributed by atoms with van der Waals surface area (Å²) < 4.78 is 5.46. The lowest BCUT2D eigenvalue weighted by Gasteiger charge is -2.25. The van der Waals surface area contributed by atoms with Crippen LogP contribution in [0.25, 0.3) is 11.4 Å². The SMILES string of the molecule is CC(C)Cc1noc(CN(C)c2nc(-c3ccccc3)nc3c2CCNC3)n1. The molecule has 28 heavy (non-hydrogen) atoms. The molecule has 7 heteroatoms. The molecule has 0 amide bonds. The molecule has 3 heterocycles. The lowest BCUT2D eigenvalue weighted by molar-refractivity contribution is 0.370. The van der Waals surface area contributed by atoms with Crippen LogP contribution in [0.15, 0.2) is 34.9 Å². The highest BCUT2D eigenvalue weighted by molar-refractivity contribution is 5.60. The Labute approximate surface area is 165 Å². The van der Waals surface area contributed by atoms with Crippen LogP contribution in [-0.4, -0.2) is 33.7 Å². The van der Waals surface area contributed by atoms with E-state index in [1.54, 1.807) is 0 Å². The monoisotopic (exact) mass is 378 g/mol. The minimum absolute atomic E-state index is 0.498. The summed E-state index contributed by atoms with van der Waals surface area (Å²) in [5.41, 5.74) is 3.28. The van der Waals surface area contributed by atoms with Gasteiger partial charge in [0.1, 0.15) is 5.82 Å². The van der Waals surface area contributed by atoms with Crippen molar-refractivity contribution in [2.24, 2.45) is 5.92 Å². The van der Waals surface area contributed by atoms with E-state index in [-0.39, 0.29) is 0 Å². The molecule has 1 aliphatic rings. The Bertz CT molecular complexity index is 937. The fourth-order valence-electron chi connectivity index (χ4n) is 3.45. The van der Waals surface area contributed by atoms with Crippen molar-refractivity contribution in [1.82, 2.24) is 25.4 Å². The molecule has 1 aliphatic heterocycles. The molecule has 0 spiro atoms. The minimum atomic E-state index is 0.498. The van der Waals surface area contributed by atoms with Crippen LogP contribution in [0, 0.1) is 5.92 Å². The van der Waals surface area contributed by atoms with Crippen molar-refractivity contribution < 1.29 is 4.52 Å². The first kappa shape index (κ1) is 18.6. The van der Waals surface area contributed by atoms with Gasteiger partial charge < -0.3 is 14.7 Å². The van der Waals surface area contributed by atoms with Gasteiger partial charge in [0.2, 0.25) is 5.89 Å². The number of benzene rings is 1. The fourth-order valence-corrected chi connectivity index (χ4v) is 3.45. The molecule has 3 aromatic rings. The number of rotatable bonds is 6. The van der Waals surface area contributed by atoms with Gasteiger partial charge >= 0.3 is 0 Å². The summed E-state index contributed by atoms with van der Waals surface area (Å²) in [5.74, 6) is 3.56. The zero-order valence-corrected chi connectivity index (χ0v) is 16.6. The van der Waals surface area contributed by atoms with Crippen molar-refractivity contribution in [2.75, 3.05) is 18.5 Å². The van der Waals surface area contributed by atoms with E-state index in [1.807, 2.05) is 37.4 Å². The summed E-state index contributed by atoms with van der Waals surface area (Å²) in [6.45, 7) is 6.51. The van der Waals surface area contributed by atoms with E-state index in [1.165, 1.54) is 5.56 Å². The molecule has 0 atom stereocenters. The zero-order valence-electron chi connectivity index (χ0n) is 16.6. The minimum Gasteiger partial charge on any atom is -0.350 e. The number of aromatic nitrogens is 4. The average Bonchev–Trinajstić information content (AvgIpc) is 3.13. The number of hydrogen-bond acceptors (Lipinski definition) is 7. The fraction of sp³-hybridized carbons (Fsp3) is 0.429. The van der Waals surface area contributed by atoms with E-state index in [0.29, 0.717) is 18.4 Å². The largest absolute Gasteiger partial charge is 0.350 e. The van der Waals surface area contributed by atoms with Crippen LogP contribution in [0.2, 0.25) is 0 Å². The lowest BCUT2D eigenvalue weighted by atomic mass is 10.1. The normalized spacial score (nSPS) is 13.6. The third kappa shape index (κ3) is 4.04. The van der Waals surface area contributed by atoms with E-state index < -0.39 is 0 Å². The van der Waals surface area contributed by atoms with Gasteiger partial charge in [0.15, 0.2) is 11.6 Å². The van der Waals surface area contributed by atoms with Gasteiger partial charge in [-0.15, -0.1) is 0 Å². The van der Waals surface area contributed by atoms with Gasteiger partial charge in [-0.05, 0) is 18.9 Å². The first-order valence-corrected chi connectivity index (χ1v) is 9.78. The van der Waals surface area contributed by atoms with Crippen molar-refractivity contribution in [1.29, 1.82) is 0 Å². The van der Waals surface area contributed by atoms with Gasteiger partial charge in [-0.3, -0.25) is 0 Å². The van der Waals surface area contributed by atoms with Crippen molar-refractivity contribution in [3.63, 3.8) is 0 Å². The average molecular weight is 378 g/mol. The van der Waals surface area contributed by atoms with Gasteiger partial charge in [0.05, 0.1) is 12.2 Å². The van der Waals surface area contributed by atoms with Crippen LogP contribution in [0.5, 0.6) is 0 Å². The van der Waals surface area contributed by atoms with Gasteiger partial charge in [0, 0.05) is 31.1 Å². The summed E-state index contributed by atoms with van der Waals surface area (Å²) in [5, 5.41) is 7.51. The van der Waals surface area contributed by atoms with Crippen molar-refractivity contribution in [2.45, 2.75) is 39.8 Å². The molecule has 0 fully saturated rings. The molecule has 146 valence electrons. The summed E-state index contributed by atoms with van der Waals surface area (Å²) in [4.78, 5) is 16.3. The Morgan fingerprint density at radius 2 is 1.96 bits per heavy atom. The first-order valence-electron chi connectivity index (χ1n) is 9.78. The van der Waals surface area contributed by atoms with Gasteiger partial charge in [-0.25, -0.2) is 9.97 Å². The maximum Gasteiger partial charge on any atom is 0.246 e. The molecule has 1 N–H and O–H groups in total. The Morgan fingerprint density at radius 1 is 1.14 bits per heavy atom. The van der Waals surface area contributed by atoms with Crippen LogP contribution < -0.4 is 10.2 Å². The molecule has 0 radical (unpaired) electrons. The number of nitrogens with zero attached hydrogens (tertiary/aromatic N) is 5. The van der Waals surface area contributed by atoms with Crippen molar-refractivity contribution >= 4 is 5.82 Å². The van der Waals surface area contributed by atoms with E-state index in [9.17, 15) is 0 Å². The Kier molecular flexibility index (Phi) is 5.34.